The summed E-state index contributed by atoms with van der Waals surface area (Å²) >= 11 is 0. The first-order valence-electron chi connectivity index (χ1n) is 6.15. The van der Waals surface area contributed by atoms with Gasteiger partial charge >= 0.3 is 12.2 Å². The summed E-state index contributed by atoms with van der Waals surface area (Å²) in [5, 5.41) is 9.97. The number of allylic oxidation sites excluding steroid dienone is 1. The van der Waals surface area contributed by atoms with Crippen molar-refractivity contribution in [1.82, 2.24) is 4.90 Å². The first-order chi connectivity index (χ1) is 8.80. The number of hydrogen-bond donors (Lipinski definition) is 1. The van der Waals surface area contributed by atoms with Crippen LogP contribution in [0.3, 0.4) is 0 Å². The van der Waals surface area contributed by atoms with E-state index in [-0.39, 0.29) is 6.42 Å². The molecule has 19 heavy (non-hydrogen) atoms. The van der Waals surface area contributed by atoms with Gasteiger partial charge in [0.2, 0.25) is 5.76 Å². The van der Waals surface area contributed by atoms with E-state index >= 15 is 0 Å². The Labute approximate surface area is 112 Å². The van der Waals surface area contributed by atoms with Gasteiger partial charge in [-0.15, -0.1) is 6.58 Å². The largest absolute Gasteiger partial charge is 0.415 e. The smallest absolute Gasteiger partial charge is 0.406 e. The predicted molar refractivity (Wildman–Crippen MR) is 68.7 cm³/mol. The fraction of sp³-hybridized carbons (Fsp3) is 0.615. The van der Waals surface area contributed by atoms with Gasteiger partial charge in [-0.3, -0.25) is 0 Å². The molecule has 0 fully saturated rings. The van der Waals surface area contributed by atoms with Crippen LogP contribution in [-0.4, -0.2) is 34.8 Å². The summed E-state index contributed by atoms with van der Waals surface area (Å²) in [7, 11) is 0. The number of hydrogen-bond acceptors (Lipinski definition) is 3. The molecule has 6 heteroatoms. The number of rotatable bonds is 7. The highest BCUT2D eigenvalue weighted by Crippen LogP contribution is 2.28. The normalized spacial score (nSPS) is 13.4. The molecule has 0 aromatic carbocycles. The van der Waals surface area contributed by atoms with Gasteiger partial charge in [-0.1, -0.05) is 6.08 Å². The monoisotopic (exact) mass is 277 g/mol. The molecule has 0 saturated carbocycles. The molecule has 0 spiro atoms. The molecular formula is C13H21F2NO3. The van der Waals surface area contributed by atoms with E-state index < -0.39 is 23.5 Å². The van der Waals surface area contributed by atoms with Gasteiger partial charge in [0, 0.05) is 13.1 Å². The average Bonchev–Trinajstić information content (AvgIpc) is 2.34. The van der Waals surface area contributed by atoms with Crippen LogP contribution in [0.5, 0.6) is 0 Å². The maximum atomic E-state index is 12.9. The summed E-state index contributed by atoms with van der Waals surface area (Å²) in [5.74, 6) is -0.994. The van der Waals surface area contributed by atoms with Crippen molar-refractivity contribution in [1.29, 1.82) is 0 Å². The Balaban J connectivity index is 5.01. The van der Waals surface area contributed by atoms with Crippen LogP contribution in [0, 0.1) is 0 Å². The van der Waals surface area contributed by atoms with Gasteiger partial charge in [0.25, 0.3) is 0 Å². The zero-order chi connectivity index (χ0) is 15.1. The van der Waals surface area contributed by atoms with E-state index in [0.717, 1.165) is 0 Å². The number of aliphatic hydroxyl groups is 1. The Morgan fingerprint density at radius 1 is 1.42 bits per heavy atom. The molecule has 0 aliphatic rings. The fourth-order valence-electron chi connectivity index (χ4n) is 1.48. The standard InChI is InChI=1S/C13H21F2NO3/c1-5-8-9-13(4,18)10(11(14)15)19-12(17)16(6-2)7-3/h5,18H,1,6-9H2,2-4H3. The number of ether oxygens (including phenoxy) is 1. The van der Waals surface area contributed by atoms with Crippen LogP contribution < -0.4 is 0 Å². The molecule has 0 aliphatic heterocycles. The highest BCUT2D eigenvalue weighted by molar-refractivity contribution is 5.69. The Kier molecular flexibility index (Phi) is 7.29. The summed E-state index contributed by atoms with van der Waals surface area (Å²) in [6.45, 7) is 8.72. The fourth-order valence-corrected chi connectivity index (χ4v) is 1.48. The van der Waals surface area contributed by atoms with Crippen LogP contribution in [-0.2, 0) is 4.74 Å². The minimum Gasteiger partial charge on any atom is -0.406 e. The van der Waals surface area contributed by atoms with E-state index in [1.807, 2.05) is 0 Å². The van der Waals surface area contributed by atoms with Crippen LogP contribution in [0.4, 0.5) is 13.6 Å². The summed E-state index contributed by atoms with van der Waals surface area (Å²) in [6.07, 6.45) is -1.28. The first kappa shape index (κ1) is 17.6. The van der Waals surface area contributed by atoms with Crippen molar-refractivity contribution in [3.8, 4) is 0 Å². The number of halogens is 2. The molecule has 0 radical (unpaired) electrons. The first-order valence-corrected chi connectivity index (χ1v) is 6.15. The molecule has 0 bridgehead atoms. The summed E-state index contributed by atoms with van der Waals surface area (Å²) < 4.78 is 30.4. The van der Waals surface area contributed by atoms with Crippen molar-refractivity contribution in [2.45, 2.75) is 39.2 Å². The van der Waals surface area contributed by atoms with E-state index in [0.29, 0.717) is 19.5 Å². The van der Waals surface area contributed by atoms with Crippen LogP contribution in [0.1, 0.15) is 33.6 Å². The molecule has 0 rings (SSSR count). The molecule has 0 aliphatic carbocycles. The second-order valence-corrected chi connectivity index (χ2v) is 4.23. The second kappa shape index (κ2) is 7.89. The Morgan fingerprint density at radius 2 is 1.95 bits per heavy atom. The molecule has 0 aromatic rings. The zero-order valence-electron chi connectivity index (χ0n) is 11.6. The molecule has 1 N–H and O–H groups in total. The predicted octanol–water partition coefficient (Wildman–Crippen LogP) is 3.29. The Bertz CT molecular complexity index is 346. The second-order valence-electron chi connectivity index (χ2n) is 4.23. The molecule has 1 atom stereocenters. The lowest BCUT2D eigenvalue weighted by Crippen LogP contribution is -2.36. The van der Waals surface area contributed by atoms with Crippen molar-refractivity contribution in [2.75, 3.05) is 13.1 Å². The number of carbonyl (C=O) groups excluding carboxylic acids is 1. The molecule has 4 nitrogen and oxygen atoms in total. The minimum absolute atomic E-state index is 0.00525. The van der Waals surface area contributed by atoms with Crippen LogP contribution in [0.15, 0.2) is 24.5 Å². The van der Waals surface area contributed by atoms with E-state index in [1.54, 1.807) is 13.8 Å². The van der Waals surface area contributed by atoms with Gasteiger partial charge in [0.05, 0.1) is 0 Å². The topological polar surface area (TPSA) is 49.8 Å². The lowest BCUT2D eigenvalue weighted by atomic mass is 9.98. The highest BCUT2D eigenvalue weighted by atomic mass is 19.3. The van der Waals surface area contributed by atoms with E-state index in [9.17, 15) is 18.7 Å². The van der Waals surface area contributed by atoms with Crippen molar-refractivity contribution >= 4 is 6.09 Å². The van der Waals surface area contributed by atoms with Crippen LogP contribution in [0.2, 0.25) is 0 Å². The Hall–Kier alpha value is -1.43. The maximum Gasteiger partial charge on any atom is 0.415 e. The lowest BCUT2D eigenvalue weighted by molar-refractivity contribution is 0.0184. The van der Waals surface area contributed by atoms with Crippen LogP contribution in [0.25, 0.3) is 0 Å². The van der Waals surface area contributed by atoms with Crippen molar-refractivity contribution in [2.24, 2.45) is 0 Å². The number of carbonyl (C=O) groups is 1. The van der Waals surface area contributed by atoms with E-state index in [4.69, 9.17) is 0 Å². The molecule has 110 valence electrons. The summed E-state index contributed by atoms with van der Waals surface area (Å²) in [5.41, 5.74) is -1.91. The van der Waals surface area contributed by atoms with Gasteiger partial charge in [-0.05, 0) is 33.6 Å². The van der Waals surface area contributed by atoms with Gasteiger partial charge < -0.3 is 14.7 Å². The summed E-state index contributed by atoms with van der Waals surface area (Å²) in [6, 6.07) is 0. The van der Waals surface area contributed by atoms with E-state index in [1.165, 1.54) is 17.9 Å². The molecule has 0 aromatic heterocycles. The average molecular weight is 277 g/mol. The lowest BCUT2D eigenvalue weighted by Gasteiger charge is -2.26. The SMILES string of the molecule is C=CCCC(C)(O)C(OC(=O)N(CC)CC)=C(F)F. The third kappa shape index (κ3) is 5.38. The molecule has 0 saturated heterocycles. The van der Waals surface area contributed by atoms with Gasteiger partial charge in [0.1, 0.15) is 5.60 Å². The van der Waals surface area contributed by atoms with Crippen LogP contribution >= 0.6 is 0 Å². The molecule has 1 amide bonds. The highest BCUT2D eigenvalue weighted by Gasteiger charge is 2.34. The van der Waals surface area contributed by atoms with Crippen molar-refractivity contribution in [3.05, 3.63) is 24.5 Å². The van der Waals surface area contributed by atoms with Gasteiger partial charge in [0.15, 0.2) is 0 Å². The van der Waals surface area contributed by atoms with Crippen molar-refractivity contribution < 1.29 is 23.4 Å². The van der Waals surface area contributed by atoms with Gasteiger partial charge in [-0.2, -0.15) is 8.78 Å². The maximum absolute atomic E-state index is 12.9. The number of nitrogens with zero attached hydrogens (tertiary/aromatic N) is 1. The van der Waals surface area contributed by atoms with Crippen molar-refractivity contribution in [3.63, 3.8) is 0 Å². The minimum atomic E-state index is -2.20. The Morgan fingerprint density at radius 3 is 2.32 bits per heavy atom. The zero-order valence-corrected chi connectivity index (χ0v) is 11.6. The molecular weight excluding hydrogens is 256 g/mol. The van der Waals surface area contributed by atoms with Gasteiger partial charge in [-0.25, -0.2) is 4.79 Å². The number of amides is 1. The molecule has 1 unspecified atom stereocenters. The molecule has 0 heterocycles. The summed E-state index contributed by atoms with van der Waals surface area (Å²) in [4.78, 5) is 12.9. The quantitative estimate of drug-likeness (QED) is 0.574. The third-order valence-corrected chi connectivity index (χ3v) is 2.71. The third-order valence-electron chi connectivity index (χ3n) is 2.71. The van der Waals surface area contributed by atoms with E-state index in [2.05, 4.69) is 11.3 Å².